The molecule has 0 aromatic carbocycles. The van der Waals surface area contributed by atoms with Crippen LogP contribution >= 0.6 is 43.2 Å². The lowest BCUT2D eigenvalue weighted by molar-refractivity contribution is -0.139. The fourth-order valence-electron chi connectivity index (χ4n) is 0.976. The van der Waals surface area contributed by atoms with Gasteiger partial charge in [-0.25, -0.2) is 4.79 Å². The molecule has 0 bridgehead atoms. The highest BCUT2D eigenvalue weighted by molar-refractivity contribution is 9.13. The lowest BCUT2D eigenvalue weighted by Crippen LogP contribution is -2.21. The van der Waals surface area contributed by atoms with E-state index in [0.717, 1.165) is 0 Å². The first-order valence-corrected chi connectivity index (χ1v) is 6.78. The van der Waals surface area contributed by atoms with Gasteiger partial charge in [-0.15, -0.1) is 11.3 Å². The van der Waals surface area contributed by atoms with Crippen LogP contribution in [-0.2, 0) is 4.79 Å². The molecule has 0 saturated carbocycles. The minimum Gasteiger partial charge on any atom is -0.479 e. The zero-order valence-electron chi connectivity index (χ0n) is 8.99. The number of hydrogen-bond acceptors (Lipinski definition) is 4. The van der Waals surface area contributed by atoms with Gasteiger partial charge in [0, 0.05) is 14.1 Å². The number of amides is 1. The van der Waals surface area contributed by atoms with Gasteiger partial charge < -0.3 is 14.7 Å². The number of hydrogen-bond donors (Lipinski definition) is 1. The summed E-state index contributed by atoms with van der Waals surface area (Å²) in [4.78, 5) is 24.1. The summed E-state index contributed by atoms with van der Waals surface area (Å²) < 4.78 is 6.34. The van der Waals surface area contributed by atoms with E-state index in [-0.39, 0.29) is 11.7 Å². The highest BCUT2D eigenvalue weighted by Gasteiger charge is 2.23. The van der Waals surface area contributed by atoms with Gasteiger partial charge in [-0.05, 0) is 31.9 Å². The topological polar surface area (TPSA) is 66.8 Å². The number of nitrogens with zero attached hydrogens (tertiary/aromatic N) is 1. The van der Waals surface area contributed by atoms with E-state index in [1.165, 1.54) is 16.2 Å². The number of carbonyl (C=O) groups is 2. The van der Waals surface area contributed by atoms with Crippen molar-refractivity contribution in [1.82, 2.24) is 4.90 Å². The van der Waals surface area contributed by atoms with E-state index in [1.54, 1.807) is 14.1 Å². The zero-order chi connectivity index (χ0) is 13.2. The summed E-state index contributed by atoms with van der Waals surface area (Å²) in [6.07, 6.45) is 0. The fourth-order valence-corrected chi connectivity index (χ4v) is 3.21. The quantitative estimate of drug-likeness (QED) is 0.862. The maximum absolute atomic E-state index is 11.8. The Balaban J connectivity index is 3.08. The first kappa shape index (κ1) is 14.5. The van der Waals surface area contributed by atoms with Crippen LogP contribution in [0.5, 0.6) is 5.75 Å². The van der Waals surface area contributed by atoms with Gasteiger partial charge in [-0.3, -0.25) is 4.79 Å². The Morgan fingerprint density at radius 3 is 2.47 bits per heavy atom. The van der Waals surface area contributed by atoms with E-state index in [1.807, 2.05) is 0 Å². The van der Waals surface area contributed by atoms with Crippen molar-refractivity contribution >= 4 is 55.1 Å². The summed E-state index contributed by atoms with van der Waals surface area (Å²) in [5, 5.41) is 8.57. The monoisotopic (exact) mass is 385 g/mol. The molecule has 1 N–H and O–H groups in total. The van der Waals surface area contributed by atoms with Crippen LogP contribution in [0.2, 0.25) is 0 Å². The predicted molar refractivity (Wildman–Crippen MR) is 70.9 cm³/mol. The molecular weight excluding hydrogens is 378 g/mol. The number of carboxylic acid groups (broad SMARTS) is 1. The van der Waals surface area contributed by atoms with Crippen LogP contribution in [0.1, 0.15) is 9.67 Å². The van der Waals surface area contributed by atoms with Gasteiger partial charge in [0.2, 0.25) is 0 Å². The average molecular weight is 387 g/mol. The number of ether oxygens (including phenoxy) is 1. The highest BCUT2D eigenvalue weighted by Crippen LogP contribution is 2.43. The Labute approximate surface area is 119 Å². The molecule has 0 unspecified atom stereocenters. The van der Waals surface area contributed by atoms with Gasteiger partial charge in [0.15, 0.2) is 12.4 Å². The molecule has 0 aliphatic heterocycles. The van der Waals surface area contributed by atoms with E-state index in [4.69, 9.17) is 9.84 Å². The van der Waals surface area contributed by atoms with Gasteiger partial charge in [0.05, 0.1) is 8.26 Å². The third kappa shape index (κ3) is 3.43. The van der Waals surface area contributed by atoms with Crippen LogP contribution in [0.15, 0.2) is 8.26 Å². The average Bonchev–Trinajstić information content (AvgIpc) is 2.51. The van der Waals surface area contributed by atoms with Gasteiger partial charge in [-0.1, -0.05) is 0 Å². The molecule has 94 valence electrons. The van der Waals surface area contributed by atoms with Crippen LogP contribution in [0.4, 0.5) is 0 Å². The van der Waals surface area contributed by atoms with E-state index >= 15 is 0 Å². The van der Waals surface area contributed by atoms with E-state index in [2.05, 4.69) is 31.9 Å². The second-order valence-corrected chi connectivity index (χ2v) is 6.36. The maximum atomic E-state index is 11.8. The Hall–Kier alpha value is -0.600. The predicted octanol–water partition coefficient (Wildman–Crippen LogP) is 2.44. The highest BCUT2D eigenvalue weighted by atomic mass is 79.9. The van der Waals surface area contributed by atoms with Crippen molar-refractivity contribution in [2.24, 2.45) is 0 Å². The molecule has 17 heavy (non-hydrogen) atoms. The molecule has 1 heterocycles. The minimum absolute atomic E-state index is 0.234. The molecule has 8 heteroatoms. The number of aliphatic carboxylic acids is 1. The van der Waals surface area contributed by atoms with Gasteiger partial charge in [0.25, 0.3) is 5.91 Å². The molecule has 0 aliphatic carbocycles. The first-order chi connectivity index (χ1) is 7.84. The van der Waals surface area contributed by atoms with Crippen LogP contribution in [-0.4, -0.2) is 42.6 Å². The first-order valence-electron chi connectivity index (χ1n) is 4.38. The molecule has 5 nitrogen and oxygen atoms in total. The summed E-state index contributed by atoms with van der Waals surface area (Å²) in [6.45, 7) is -0.491. The molecule has 0 aliphatic rings. The molecule has 1 aromatic heterocycles. The SMILES string of the molecule is CN(C)C(=O)c1sc(Br)c(Br)c1OCC(=O)O. The molecule has 0 fully saturated rings. The van der Waals surface area contributed by atoms with Crippen molar-refractivity contribution < 1.29 is 19.4 Å². The number of halogens is 2. The maximum Gasteiger partial charge on any atom is 0.341 e. The summed E-state index contributed by atoms with van der Waals surface area (Å²) in [5.74, 6) is -1.08. The van der Waals surface area contributed by atoms with Gasteiger partial charge in [-0.2, -0.15) is 0 Å². The standard InChI is InChI=1S/C9H9Br2NO4S/c1-12(2)9(15)7-6(16-3-4(13)14)5(10)8(11)17-7/h3H2,1-2H3,(H,13,14). The van der Waals surface area contributed by atoms with Crippen LogP contribution in [0.25, 0.3) is 0 Å². The number of rotatable bonds is 4. The lowest BCUT2D eigenvalue weighted by atomic mass is 10.4. The fraction of sp³-hybridized carbons (Fsp3) is 0.333. The molecule has 0 spiro atoms. The van der Waals surface area contributed by atoms with Crippen molar-refractivity contribution in [3.05, 3.63) is 13.1 Å². The van der Waals surface area contributed by atoms with Gasteiger partial charge >= 0.3 is 5.97 Å². The van der Waals surface area contributed by atoms with E-state index < -0.39 is 12.6 Å². The molecule has 1 rings (SSSR count). The number of carboxylic acids is 1. The minimum atomic E-state index is -1.09. The zero-order valence-corrected chi connectivity index (χ0v) is 13.0. The van der Waals surface area contributed by atoms with Crippen molar-refractivity contribution in [2.45, 2.75) is 0 Å². The van der Waals surface area contributed by atoms with Crippen molar-refractivity contribution in [2.75, 3.05) is 20.7 Å². The Morgan fingerprint density at radius 2 is 2.00 bits per heavy atom. The number of thiophene rings is 1. The Bertz CT molecular complexity index is 458. The summed E-state index contributed by atoms with van der Waals surface area (Å²) >= 11 is 7.70. The van der Waals surface area contributed by atoms with Crippen molar-refractivity contribution in [1.29, 1.82) is 0 Å². The van der Waals surface area contributed by atoms with Crippen LogP contribution < -0.4 is 4.74 Å². The summed E-state index contributed by atoms with van der Waals surface area (Å²) in [7, 11) is 3.23. The molecule has 1 aromatic rings. The second-order valence-electron chi connectivity index (χ2n) is 3.23. The third-order valence-corrected chi connectivity index (χ3v) is 5.09. The third-order valence-electron chi connectivity index (χ3n) is 1.71. The lowest BCUT2D eigenvalue weighted by Gasteiger charge is -2.10. The van der Waals surface area contributed by atoms with E-state index in [0.29, 0.717) is 13.1 Å². The van der Waals surface area contributed by atoms with Gasteiger partial charge in [0.1, 0.15) is 4.88 Å². The van der Waals surface area contributed by atoms with Crippen LogP contribution in [0, 0.1) is 0 Å². The normalized spacial score (nSPS) is 10.1. The molecular formula is C9H9Br2NO4S. The molecule has 1 amide bonds. The summed E-state index contributed by atoms with van der Waals surface area (Å²) in [6, 6.07) is 0. The Morgan fingerprint density at radius 1 is 1.41 bits per heavy atom. The number of carbonyl (C=O) groups excluding carboxylic acids is 1. The summed E-state index contributed by atoms with van der Waals surface area (Å²) in [5.41, 5.74) is 0. The van der Waals surface area contributed by atoms with Crippen LogP contribution in [0.3, 0.4) is 0 Å². The molecule has 0 saturated heterocycles. The Kier molecular flexibility index (Phi) is 4.96. The van der Waals surface area contributed by atoms with Crippen molar-refractivity contribution in [3.63, 3.8) is 0 Å². The molecule has 0 radical (unpaired) electrons. The molecule has 0 atom stereocenters. The second kappa shape index (κ2) is 5.83. The van der Waals surface area contributed by atoms with Crippen molar-refractivity contribution in [3.8, 4) is 5.75 Å². The largest absolute Gasteiger partial charge is 0.479 e. The van der Waals surface area contributed by atoms with E-state index in [9.17, 15) is 9.59 Å². The smallest absolute Gasteiger partial charge is 0.341 e.